The molecule has 1 aromatic rings. The van der Waals surface area contributed by atoms with Gasteiger partial charge in [0.15, 0.2) is 0 Å². The zero-order valence-electron chi connectivity index (χ0n) is 9.70. The molecule has 1 heterocycles. The lowest BCUT2D eigenvalue weighted by atomic mass is 10.2. The summed E-state index contributed by atoms with van der Waals surface area (Å²) in [5, 5.41) is -0.304. The van der Waals surface area contributed by atoms with Gasteiger partial charge >= 0.3 is 6.09 Å². The van der Waals surface area contributed by atoms with Crippen LogP contribution < -0.4 is 0 Å². The summed E-state index contributed by atoms with van der Waals surface area (Å²) in [6, 6.07) is 9.27. The lowest BCUT2D eigenvalue weighted by Crippen LogP contribution is -2.31. The number of imide groups is 1. The van der Waals surface area contributed by atoms with E-state index in [2.05, 4.69) is 19.2 Å². The van der Waals surface area contributed by atoms with Crippen molar-refractivity contribution in [3.05, 3.63) is 48.2 Å². The van der Waals surface area contributed by atoms with Crippen molar-refractivity contribution in [1.29, 1.82) is 0 Å². The molecule has 5 heteroatoms. The van der Waals surface area contributed by atoms with Crippen molar-refractivity contribution >= 4 is 24.6 Å². The van der Waals surface area contributed by atoms with E-state index in [1.807, 2.05) is 30.3 Å². The topological polar surface area (TPSA) is 46.6 Å². The zero-order chi connectivity index (χ0) is 13.1. The molecule has 94 valence electrons. The van der Waals surface area contributed by atoms with Crippen LogP contribution >= 0.6 is 12.6 Å². The number of carbonyl (C=O) groups is 2. The molecule has 2 rings (SSSR count). The normalized spacial score (nSPS) is 19.2. The third kappa shape index (κ3) is 2.56. The standard InChI is InChI=1S/C13H13NO3S/c1-9-11(18)7-12(15)14(9)13(16)17-8-10-5-3-2-4-6-10/h2-6,11,18H,1,7-8H2. The minimum atomic E-state index is -0.689. The molecule has 1 aliphatic rings. The quantitative estimate of drug-likeness (QED) is 0.833. The van der Waals surface area contributed by atoms with Gasteiger partial charge in [0, 0.05) is 12.1 Å². The number of nitrogens with zero attached hydrogens (tertiary/aromatic N) is 1. The van der Waals surface area contributed by atoms with Gasteiger partial charge in [0.1, 0.15) is 6.61 Å². The van der Waals surface area contributed by atoms with E-state index < -0.39 is 6.09 Å². The van der Waals surface area contributed by atoms with Crippen LogP contribution in [-0.2, 0) is 16.1 Å². The van der Waals surface area contributed by atoms with Crippen molar-refractivity contribution in [3.8, 4) is 0 Å². The molecule has 18 heavy (non-hydrogen) atoms. The fraction of sp³-hybridized carbons (Fsp3) is 0.231. The van der Waals surface area contributed by atoms with E-state index in [0.29, 0.717) is 5.70 Å². The van der Waals surface area contributed by atoms with Gasteiger partial charge in [-0.15, -0.1) is 0 Å². The Morgan fingerprint density at radius 3 is 2.67 bits per heavy atom. The van der Waals surface area contributed by atoms with Crippen molar-refractivity contribution in [3.63, 3.8) is 0 Å². The van der Waals surface area contributed by atoms with Gasteiger partial charge in [0.05, 0.1) is 5.25 Å². The fourth-order valence-electron chi connectivity index (χ4n) is 1.69. The maximum Gasteiger partial charge on any atom is 0.421 e. The third-order valence-electron chi connectivity index (χ3n) is 2.68. The highest BCUT2D eigenvalue weighted by molar-refractivity contribution is 7.81. The van der Waals surface area contributed by atoms with Gasteiger partial charge in [-0.3, -0.25) is 4.79 Å². The number of benzene rings is 1. The Bertz CT molecular complexity index is 486. The van der Waals surface area contributed by atoms with Crippen molar-refractivity contribution in [1.82, 2.24) is 4.90 Å². The Hall–Kier alpha value is -1.75. The van der Waals surface area contributed by atoms with E-state index in [1.165, 1.54) is 0 Å². The van der Waals surface area contributed by atoms with E-state index in [0.717, 1.165) is 10.5 Å². The highest BCUT2D eigenvalue weighted by Gasteiger charge is 2.36. The highest BCUT2D eigenvalue weighted by atomic mass is 32.1. The molecule has 0 radical (unpaired) electrons. The van der Waals surface area contributed by atoms with Crippen LogP contribution in [0.5, 0.6) is 0 Å². The summed E-state index contributed by atoms with van der Waals surface area (Å²) >= 11 is 4.17. The smallest absolute Gasteiger partial charge is 0.421 e. The minimum absolute atomic E-state index is 0.133. The van der Waals surface area contributed by atoms with E-state index in [1.54, 1.807) is 0 Å². The van der Waals surface area contributed by atoms with Gasteiger partial charge in [0.2, 0.25) is 5.91 Å². The Morgan fingerprint density at radius 1 is 1.44 bits per heavy atom. The molecule has 1 unspecified atom stereocenters. The number of rotatable bonds is 2. The van der Waals surface area contributed by atoms with Crippen LogP contribution in [-0.4, -0.2) is 22.2 Å². The number of hydrogen-bond donors (Lipinski definition) is 1. The van der Waals surface area contributed by atoms with Gasteiger partial charge in [-0.05, 0) is 5.56 Å². The number of likely N-dealkylation sites (tertiary alicyclic amines) is 1. The molecule has 0 aromatic heterocycles. The number of amides is 2. The van der Waals surface area contributed by atoms with Gasteiger partial charge in [-0.25, -0.2) is 9.69 Å². The van der Waals surface area contributed by atoms with Crippen LogP contribution in [0, 0.1) is 0 Å². The molecule has 0 aliphatic carbocycles. The minimum Gasteiger partial charge on any atom is -0.444 e. The average molecular weight is 263 g/mol. The van der Waals surface area contributed by atoms with Crippen LogP contribution in [0.25, 0.3) is 0 Å². The van der Waals surface area contributed by atoms with Crippen LogP contribution in [0.1, 0.15) is 12.0 Å². The van der Waals surface area contributed by atoms with Crippen molar-refractivity contribution in [2.75, 3.05) is 0 Å². The monoisotopic (exact) mass is 263 g/mol. The number of thiol groups is 1. The molecular weight excluding hydrogens is 250 g/mol. The molecule has 4 nitrogen and oxygen atoms in total. The Balaban J connectivity index is 1.97. The van der Waals surface area contributed by atoms with E-state index in [4.69, 9.17) is 4.74 Å². The summed E-state index contributed by atoms with van der Waals surface area (Å²) in [5.74, 6) is -0.321. The van der Waals surface area contributed by atoms with E-state index in [9.17, 15) is 9.59 Å². The first-order chi connectivity index (χ1) is 8.59. The largest absolute Gasteiger partial charge is 0.444 e. The molecule has 2 amide bonds. The predicted molar refractivity (Wildman–Crippen MR) is 70.0 cm³/mol. The molecule has 1 fully saturated rings. The van der Waals surface area contributed by atoms with Crippen molar-refractivity contribution < 1.29 is 14.3 Å². The average Bonchev–Trinajstić information content (AvgIpc) is 2.62. The molecular formula is C13H13NO3S. The molecule has 1 atom stereocenters. The van der Waals surface area contributed by atoms with Crippen molar-refractivity contribution in [2.24, 2.45) is 0 Å². The molecule has 1 aliphatic heterocycles. The molecule has 0 spiro atoms. The second kappa shape index (κ2) is 5.27. The van der Waals surface area contributed by atoms with E-state index >= 15 is 0 Å². The summed E-state index contributed by atoms with van der Waals surface area (Å²) in [5.41, 5.74) is 1.24. The van der Waals surface area contributed by atoms with Gasteiger partial charge < -0.3 is 4.74 Å². The third-order valence-corrected chi connectivity index (χ3v) is 3.16. The zero-order valence-corrected chi connectivity index (χ0v) is 10.6. The van der Waals surface area contributed by atoms with Gasteiger partial charge in [0.25, 0.3) is 0 Å². The van der Waals surface area contributed by atoms with Crippen LogP contribution in [0.15, 0.2) is 42.6 Å². The van der Waals surface area contributed by atoms with Crippen molar-refractivity contribution in [2.45, 2.75) is 18.3 Å². The maximum atomic E-state index is 11.8. The molecule has 0 bridgehead atoms. The first-order valence-electron chi connectivity index (χ1n) is 5.50. The molecule has 0 N–H and O–H groups in total. The lowest BCUT2D eigenvalue weighted by molar-refractivity contribution is -0.125. The molecule has 1 saturated heterocycles. The maximum absolute atomic E-state index is 11.8. The first kappa shape index (κ1) is 12.7. The summed E-state index contributed by atoms with van der Waals surface area (Å²) in [7, 11) is 0. The van der Waals surface area contributed by atoms with Crippen LogP contribution in [0.4, 0.5) is 4.79 Å². The van der Waals surface area contributed by atoms with Crippen LogP contribution in [0.3, 0.4) is 0 Å². The van der Waals surface area contributed by atoms with Crippen LogP contribution in [0.2, 0.25) is 0 Å². The van der Waals surface area contributed by atoms with E-state index in [-0.39, 0.29) is 24.2 Å². The molecule has 1 aromatic carbocycles. The Labute approximate surface area is 111 Å². The number of ether oxygens (including phenoxy) is 1. The number of carbonyl (C=O) groups excluding carboxylic acids is 2. The first-order valence-corrected chi connectivity index (χ1v) is 6.01. The number of hydrogen-bond acceptors (Lipinski definition) is 4. The Morgan fingerprint density at radius 2 is 2.11 bits per heavy atom. The fourth-order valence-corrected chi connectivity index (χ4v) is 1.96. The Kier molecular flexibility index (Phi) is 3.72. The predicted octanol–water partition coefficient (Wildman–Crippen LogP) is 2.37. The second-order valence-electron chi connectivity index (χ2n) is 3.98. The van der Waals surface area contributed by atoms with Gasteiger partial charge in [-0.1, -0.05) is 36.9 Å². The lowest BCUT2D eigenvalue weighted by Gasteiger charge is -2.15. The van der Waals surface area contributed by atoms with Gasteiger partial charge in [-0.2, -0.15) is 12.6 Å². The second-order valence-corrected chi connectivity index (χ2v) is 4.60. The summed E-state index contributed by atoms with van der Waals surface area (Å²) in [6.45, 7) is 3.80. The summed E-state index contributed by atoms with van der Waals surface area (Å²) in [4.78, 5) is 24.3. The SMILES string of the molecule is C=C1C(S)CC(=O)N1C(=O)OCc1ccccc1. The summed E-state index contributed by atoms with van der Waals surface area (Å²) < 4.78 is 5.07. The molecule has 0 saturated carbocycles. The summed E-state index contributed by atoms with van der Waals surface area (Å²) in [6.07, 6.45) is -0.507. The highest BCUT2D eigenvalue weighted by Crippen LogP contribution is 2.26.